The Kier molecular flexibility index (Phi) is 25.0. The lowest BCUT2D eigenvalue weighted by molar-refractivity contribution is -0.372. The predicted octanol–water partition coefficient (Wildman–Crippen LogP) is -9.73. The summed E-state index contributed by atoms with van der Waals surface area (Å²) in [5, 5.41) is 255. The van der Waals surface area contributed by atoms with Gasteiger partial charge in [0.2, 0.25) is 6.29 Å². The molecule has 0 spiro atoms. The van der Waals surface area contributed by atoms with Crippen molar-refractivity contribution in [3.05, 3.63) is 11.6 Å². The van der Waals surface area contributed by atoms with Crippen molar-refractivity contribution in [2.45, 2.75) is 301 Å². The molecule has 38 heteroatoms. The minimum atomic E-state index is -2.10. The molecule has 23 N–H and O–H groups in total. The summed E-state index contributed by atoms with van der Waals surface area (Å²) in [5.41, 5.74) is -7.63. The molecular weight excluding hydrogens is 1440 g/mol. The third kappa shape index (κ3) is 14.4. The number of carbonyl (C=O) groups excluding carboxylic acids is 1. The number of esters is 1. The monoisotopic (exact) mass is 1550 g/mol. The van der Waals surface area contributed by atoms with Crippen molar-refractivity contribution < 1.29 is 189 Å². The van der Waals surface area contributed by atoms with Gasteiger partial charge in [0.1, 0.15) is 139 Å². The van der Waals surface area contributed by atoms with Gasteiger partial charge < -0.3 is 184 Å². The number of hydrogen-bond donors (Lipinski definition) is 23. The third-order valence-electron chi connectivity index (χ3n) is 26.8. The van der Waals surface area contributed by atoms with Gasteiger partial charge in [0.15, 0.2) is 43.8 Å². The van der Waals surface area contributed by atoms with Gasteiger partial charge in [-0.15, -0.1) is 0 Å². The van der Waals surface area contributed by atoms with E-state index in [1.54, 1.807) is 0 Å². The summed E-state index contributed by atoms with van der Waals surface area (Å²) in [7, 11) is 0. The van der Waals surface area contributed by atoms with Crippen molar-refractivity contribution in [1.29, 1.82) is 0 Å². The first-order chi connectivity index (χ1) is 50.3. The molecule has 616 valence electrons. The molecular formula is C69H112O38. The van der Waals surface area contributed by atoms with Gasteiger partial charge in [-0.25, -0.2) is 0 Å². The number of hydrogen-bond acceptors (Lipinski definition) is 38. The Bertz CT molecular complexity index is 3050. The maximum Gasteiger partial charge on any atom is 0.317 e. The van der Waals surface area contributed by atoms with Crippen LogP contribution >= 0.6 is 0 Å². The molecule has 7 aliphatic heterocycles. The summed E-state index contributed by atoms with van der Waals surface area (Å²) in [6.45, 7) is 5.28. The van der Waals surface area contributed by atoms with Crippen molar-refractivity contribution in [3.8, 4) is 0 Å². The average molecular weight is 1550 g/mol. The van der Waals surface area contributed by atoms with E-state index in [1.807, 2.05) is 13.8 Å². The zero-order chi connectivity index (χ0) is 78.1. The van der Waals surface area contributed by atoms with E-state index in [0.717, 1.165) is 5.57 Å². The van der Waals surface area contributed by atoms with Crippen molar-refractivity contribution in [3.63, 3.8) is 0 Å². The normalized spacial score (nSPS) is 54.0. The number of allylic oxidation sites excluding steroid dienone is 2. The molecule has 38 nitrogen and oxygen atoms in total. The van der Waals surface area contributed by atoms with Crippen LogP contribution in [0.5, 0.6) is 0 Å². The van der Waals surface area contributed by atoms with Gasteiger partial charge in [-0.1, -0.05) is 46.3 Å². The maximum absolute atomic E-state index is 15.6. The summed E-state index contributed by atoms with van der Waals surface area (Å²) >= 11 is 0. The Morgan fingerprint density at radius 3 is 1.64 bits per heavy atom. The zero-order valence-corrected chi connectivity index (χ0v) is 60.3. The zero-order valence-electron chi connectivity index (χ0n) is 60.3. The highest BCUT2D eigenvalue weighted by Crippen LogP contribution is 2.76. The van der Waals surface area contributed by atoms with Gasteiger partial charge in [-0.05, 0) is 97.7 Å². The number of aliphatic hydroxyl groups excluding tert-OH is 22. The van der Waals surface area contributed by atoms with E-state index in [2.05, 4.69) is 26.8 Å². The lowest BCUT2D eigenvalue weighted by Crippen LogP contribution is -2.71. The van der Waals surface area contributed by atoms with E-state index in [9.17, 15) is 117 Å². The Morgan fingerprint density at radius 2 is 1.04 bits per heavy atom. The Morgan fingerprint density at radius 1 is 0.495 bits per heavy atom. The first kappa shape index (κ1) is 84.2. The average Bonchev–Trinajstić information content (AvgIpc) is 0.939. The first-order valence-corrected chi connectivity index (χ1v) is 36.9. The van der Waals surface area contributed by atoms with Crippen LogP contribution in [-0.4, -0.2) is 391 Å². The highest BCUT2D eigenvalue weighted by Gasteiger charge is 2.74. The summed E-state index contributed by atoms with van der Waals surface area (Å²) < 4.78 is 81.5. The van der Waals surface area contributed by atoms with Crippen LogP contribution in [0.2, 0.25) is 0 Å². The summed E-state index contributed by atoms with van der Waals surface area (Å²) in [6, 6.07) is 0. The Hall–Kier alpha value is -2.23. The van der Waals surface area contributed by atoms with Gasteiger partial charge in [0, 0.05) is 5.41 Å². The molecule has 12 aliphatic rings. The smallest absolute Gasteiger partial charge is 0.317 e. The molecule has 5 aliphatic carbocycles. The molecule has 0 bridgehead atoms. The van der Waals surface area contributed by atoms with Crippen LogP contribution < -0.4 is 0 Å². The number of rotatable bonds is 20. The SMILES string of the molecule is C[C@@H]1O[C@@H](O[C@H]2[C@H](OC(=O)[C@]34CCC(C)(C)C[C@H]3C3=CC[C@@H]5[C@@]6(C)C[C@H](O)[C@H](O[C@@H]7O[C@H](CO[C@@H]8O[C@H](CO[C@@H]9O[C@H](CO)[C@@H](O)[C@H](O)[C@H]9O)[C@@H](O)[C@H](O)[C@H]8O)[C@@H](O)[C@H](O)[C@H]7O)C(CO)(CO)[C@@H]6CC[C@@]5(C)[C@]3(C)C[C@H]4O)OC[C@H](O)[C@@H]2O)[C@H](O)[C@H](O)[C@H]1O[C@@H]1OC[C@@H](O)[C@H](O[C@@H]2OC[C@](O)(CO)[C@H]2O)[C@H]1O. The topological polar surface area (TPSA) is 612 Å². The molecule has 7 heterocycles. The second kappa shape index (κ2) is 31.8. The summed E-state index contributed by atoms with van der Waals surface area (Å²) in [4.78, 5) is 15.6. The fourth-order valence-corrected chi connectivity index (χ4v) is 20.2. The Labute approximate surface area is 615 Å². The largest absolute Gasteiger partial charge is 0.432 e. The summed E-state index contributed by atoms with van der Waals surface area (Å²) in [5.74, 6) is -2.64. The molecule has 41 atom stereocenters. The van der Waals surface area contributed by atoms with E-state index < -0.39 is 318 Å². The van der Waals surface area contributed by atoms with Crippen molar-refractivity contribution in [2.24, 2.45) is 50.2 Å². The molecule has 0 amide bonds. The molecule has 0 aromatic heterocycles. The number of fused-ring (bicyclic) bond motifs is 7. The predicted molar refractivity (Wildman–Crippen MR) is 347 cm³/mol. The number of aliphatic hydroxyl groups is 23. The van der Waals surface area contributed by atoms with E-state index in [4.69, 9.17) is 66.3 Å². The van der Waals surface area contributed by atoms with Gasteiger partial charge in [0.25, 0.3) is 0 Å². The van der Waals surface area contributed by atoms with Gasteiger partial charge >= 0.3 is 5.97 Å². The third-order valence-corrected chi connectivity index (χ3v) is 26.8. The Balaban J connectivity index is 0.725. The van der Waals surface area contributed by atoms with Gasteiger partial charge in [0.05, 0.1) is 83.9 Å². The fraction of sp³-hybridized carbons (Fsp3) is 0.957. The molecule has 107 heavy (non-hydrogen) atoms. The maximum atomic E-state index is 15.6. The molecule has 0 aromatic rings. The second-order valence-electron chi connectivity index (χ2n) is 33.5. The minimum Gasteiger partial charge on any atom is -0.432 e. The molecule has 0 aromatic carbocycles. The van der Waals surface area contributed by atoms with E-state index in [0.29, 0.717) is 25.7 Å². The molecule has 7 saturated heterocycles. The van der Waals surface area contributed by atoms with Crippen molar-refractivity contribution >= 4 is 5.97 Å². The molecule has 11 fully saturated rings. The van der Waals surface area contributed by atoms with Gasteiger partial charge in [-0.3, -0.25) is 4.79 Å². The lowest BCUT2D eigenvalue weighted by Gasteiger charge is -2.72. The van der Waals surface area contributed by atoms with Crippen molar-refractivity contribution in [2.75, 3.05) is 59.5 Å². The van der Waals surface area contributed by atoms with Crippen LogP contribution in [-0.2, 0) is 71.1 Å². The van der Waals surface area contributed by atoms with Crippen LogP contribution in [0.15, 0.2) is 11.6 Å². The van der Waals surface area contributed by atoms with Crippen LogP contribution in [0.25, 0.3) is 0 Å². The highest BCUT2D eigenvalue weighted by molar-refractivity contribution is 5.80. The molecule has 0 unspecified atom stereocenters. The standard InChI is InChI=1S/C69H112O38/c1-25-50(103-57-49(90)51(30(76)18-94-57)104-61-53(91)68(93,23-73)24-98-61)44(85)48(89)58(99-25)105-52-37(78)29(75)17-95-60(52)107-62(92)69-12-11-63(2,3)13-27(69)26-7-8-34-64(4)14-28(74)54(67(21-71,22-72)35(64)9-10-65(34,5)66(26,6)15-36(69)77)106-59-47(88)43(84)40(81)33(102-59)20-97-56-46(87)42(83)39(80)32(101-56)19-96-55-45(86)41(82)38(79)31(16-70)100-55/h7,25,27-61,70-91,93H,8-24H2,1-6H3/t25-,27-,28-,29-,30+,31+,32+,33+,34+,35+,36+,37-,38+,39+,40+,41-,42-,43-,44-,45+,46+,47+,48+,49+,50-,51-,52+,53-,54-,55+,56+,57-,58-,59-,60-,61-,64+,65+,66+,68+,69+/m0/s1. The second-order valence-corrected chi connectivity index (χ2v) is 33.5. The van der Waals surface area contributed by atoms with E-state index in [1.165, 1.54) is 6.92 Å². The van der Waals surface area contributed by atoms with Crippen LogP contribution in [0.1, 0.15) is 92.9 Å². The lowest BCUT2D eigenvalue weighted by atomic mass is 9.33. The fourth-order valence-electron chi connectivity index (χ4n) is 20.2. The number of carbonyl (C=O) groups is 1. The van der Waals surface area contributed by atoms with Crippen LogP contribution in [0, 0.1) is 50.2 Å². The van der Waals surface area contributed by atoms with E-state index >= 15 is 4.79 Å². The summed E-state index contributed by atoms with van der Waals surface area (Å²) in [6.07, 6.45) is -53.4. The molecule has 0 radical (unpaired) electrons. The first-order valence-electron chi connectivity index (χ1n) is 36.9. The number of ether oxygens (including phenoxy) is 14. The molecule has 4 saturated carbocycles. The quantitative estimate of drug-likeness (QED) is 0.0306. The highest BCUT2D eigenvalue weighted by atomic mass is 16.8. The van der Waals surface area contributed by atoms with Crippen molar-refractivity contribution in [1.82, 2.24) is 0 Å². The van der Waals surface area contributed by atoms with Crippen LogP contribution in [0.4, 0.5) is 0 Å². The van der Waals surface area contributed by atoms with E-state index in [-0.39, 0.29) is 31.6 Å². The van der Waals surface area contributed by atoms with Gasteiger partial charge in [-0.2, -0.15) is 0 Å². The minimum absolute atomic E-state index is 0.00104. The molecule has 12 rings (SSSR count). The van der Waals surface area contributed by atoms with Crippen LogP contribution in [0.3, 0.4) is 0 Å².